The lowest BCUT2D eigenvalue weighted by Gasteiger charge is -2.16. The van der Waals surface area contributed by atoms with Gasteiger partial charge in [-0.3, -0.25) is 11.3 Å². The first-order valence-corrected chi connectivity index (χ1v) is 8.47. The average molecular weight is 367 g/mol. The second kappa shape index (κ2) is 8.44. The molecule has 5 heteroatoms. The second-order valence-corrected chi connectivity index (χ2v) is 6.61. The van der Waals surface area contributed by atoms with E-state index in [1.54, 1.807) is 18.9 Å². The van der Waals surface area contributed by atoms with E-state index in [4.69, 9.17) is 10.6 Å². The molecule has 0 fully saturated rings. The molecule has 1 atom stereocenters. The summed E-state index contributed by atoms with van der Waals surface area (Å²) in [6, 6.07) is 16.7. The van der Waals surface area contributed by atoms with Gasteiger partial charge in [0.1, 0.15) is 5.75 Å². The van der Waals surface area contributed by atoms with Crippen LogP contribution in [0.4, 0.5) is 0 Å². The molecule has 0 aliphatic heterocycles. The van der Waals surface area contributed by atoms with E-state index in [1.807, 2.05) is 24.3 Å². The molecule has 1 unspecified atom stereocenters. The molecule has 0 aliphatic carbocycles. The van der Waals surface area contributed by atoms with Gasteiger partial charge in [-0.05, 0) is 52.2 Å². The number of hydrogen-bond donors (Lipinski definition) is 2. The zero-order chi connectivity index (χ0) is 15.1. The van der Waals surface area contributed by atoms with Crippen LogP contribution in [0.3, 0.4) is 0 Å². The molecule has 0 saturated heterocycles. The summed E-state index contributed by atoms with van der Waals surface area (Å²) in [5.74, 6) is 7.44. The summed E-state index contributed by atoms with van der Waals surface area (Å²) >= 11 is 5.32. The van der Waals surface area contributed by atoms with Crippen molar-refractivity contribution in [3.8, 4) is 5.75 Å². The molecule has 0 bridgehead atoms. The third kappa shape index (κ3) is 5.04. The number of hydrazine groups is 1. The lowest BCUT2D eigenvalue weighted by atomic mass is 10.1. The molecular weight excluding hydrogens is 348 g/mol. The number of benzene rings is 2. The Labute approximate surface area is 138 Å². The Morgan fingerprint density at radius 3 is 2.62 bits per heavy atom. The summed E-state index contributed by atoms with van der Waals surface area (Å²) in [6.07, 6.45) is 0.874. The van der Waals surface area contributed by atoms with Gasteiger partial charge in [0.05, 0.1) is 11.6 Å². The summed E-state index contributed by atoms with van der Waals surface area (Å²) in [4.78, 5) is 1.26. The van der Waals surface area contributed by atoms with Crippen LogP contribution in [0.15, 0.2) is 57.9 Å². The van der Waals surface area contributed by atoms with Crippen LogP contribution in [0.2, 0.25) is 0 Å². The molecule has 0 heterocycles. The van der Waals surface area contributed by atoms with Crippen LogP contribution in [-0.2, 0) is 6.42 Å². The van der Waals surface area contributed by atoms with Gasteiger partial charge in [0.15, 0.2) is 0 Å². The minimum atomic E-state index is 0.218. The first kappa shape index (κ1) is 16.4. The maximum absolute atomic E-state index is 5.68. The van der Waals surface area contributed by atoms with Crippen molar-refractivity contribution in [3.05, 3.63) is 58.6 Å². The van der Waals surface area contributed by atoms with E-state index in [-0.39, 0.29) is 6.04 Å². The van der Waals surface area contributed by atoms with E-state index in [1.165, 1.54) is 10.5 Å². The summed E-state index contributed by atoms with van der Waals surface area (Å²) in [7, 11) is 1.67. The second-order valence-electron chi connectivity index (χ2n) is 4.66. The fourth-order valence-corrected chi connectivity index (χ4v) is 3.55. The first-order valence-electron chi connectivity index (χ1n) is 6.69. The normalized spacial score (nSPS) is 12.1. The molecule has 2 aromatic rings. The molecule has 0 radical (unpaired) electrons. The van der Waals surface area contributed by atoms with Crippen molar-refractivity contribution < 1.29 is 4.74 Å². The fraction of sp³-hybridized carbons (Fsp3) is 0.250. The summed E-state index contributed by atoms with van der Waals surface area (Å²) in [5.41, 5.74) is 4.12. The minimum Gasteiger partial charge on any atom is -0.496 e. The van der Waals surface area contributed by atoms with Crippen molar-refractivity contribution in [1.29, 1.82) is 0 Å². The van der Waals surface area contributed by atoms with Gasteiger partial charge in [-0.15, -0.1) is 11.8 Å². The Bertz CT molecular complexity index is 565. The number of ether oxygens (including phenoxy) is 1. The highest BCUT2D eigenvalue weighted by Gasteiger charge is 2.10. The van der Waals surface area contributed by atoms with E-state index in [0.29, 0.717) is 0 Å². The van der Waals surface area contributed by atoms with Crippen molar-refractivity contribution in [2.45, 2.75) is 17.4 Å². The van der Waals surface area contributed by atoms with Gasteiger partial charge in [-0.25, -0.2) is 0 Å². The Hall–Kier alpha value is -1.01. The fourth-order valence-electron chi connectivity index (χ4n) is 2.00. The van der Waals surface area contributed by atoms with Gasteiger partial charge in [-0.2, -0.15) is 0 Å². The number of nitrogens with two attached hydrogens (primary N) is 1. The monoisotopic (exact) mass is 366 g/mol. The van der Waals surface area contributed by atoms with E-state index < -0.39 is 0 Å². The quantitative estimate of drug-likeness (QED) is 0.446. The lowest BCUT2D eigenvalue weighted by Crippen LogP contribution is -2.38. The van der Waals surface area contributed by atoms with Crippen LogP contribution in [0.1, 0.15) is 5.56 Å². The molecular formula is C16H19BrN2OS. The number of methoxy groups -OCH3 is 1. The molecule has 0 aliphatic rings. The predicted octanol–water partition coefficient (Wildman–Crippen LogP) is 3.62. The largest absolute Gasteiger partial charge is 0.496 e. The van der Waals surface area contributed by atoms with Crippen molar-refractivity contribution in [3.63, 3.8) is 0 Å². The minimum absolute atomic E-state index is 0.218. The Kier molecular flexibility index (Phi) is 6.57. The lowest BCUT2D eigenvalue weighted by molar-refractivity contribution is 0.412. The highest BCUT2D eigenvalue weighted by Crippen LogP contribution is 2.26. The van der Waals surface area contributed by atoms with E-state index in [0.717, 1.165) is 22.4 Å². The third-order valence-corrected chi connectivity index (χ3v) is 4.92. The van der Waals surface area contributed by atoms with Crippen LogP contribution in [0.25, 0.3) is 0 Å². The van der Waals surface area contributed by atoms with Crippen LogP contribution >= 0.6 is 27.7 Å². The van der Waals surface area contributed by atoms with E-state index >= 15 is 0 Å². The molecule has 21 heavy (non-hydrogen) atoms. The predicted molar refractivity (Wildman–Crippen MR) is 92.7 cm³/mol. The van der Waals surface area contributed by atoms with Gasteiger partial charge in [-0.1, -0.05) is 24.3 Å². The molecule has 3 nitrogen and oxygen atoms in total. The number of rotatable bonds is 7. The van der Waals surface area contributed by atoms with E-state index in [9.17, 15) is 0 Å². The van der Waals surface area contributed by atoms with Gasteiger partial charge < -0.3 is 4.74 Å². The van der Waals surface area contributed by atoms with Crippen LogP contribution in [0.5, 0.6) is 5.75 Å². The molecule has 3 N–H and O–H groups in total. The maximum Gasteiger partial charge on any atom is 0.133 e. The van der Waals surface area contributed by atoms with Crippen molar-refractivity contribution in [2.24, 2.45) is 5.84 Å². The maximum atomic E-state index is 5.68. The number of nitrogens with one attached hydrogen (secondary N) is 1. The molecule has 0 aromatic heterocycles. The Morgan fingerprint density at radius 2 is 2.00 bits per heavy atom. The van der Waals surface area contributed by atoms with Crippen LogP contribution in [0, 0.1) is 0 Å². The van der Waals surface area contributed by atoms with Gasteiger partial charge in [0.2, 0.25) is 0 Å². The molecule has 0 spiro atoms. The average Bonchev–Trinajstić information content (AvgIpc) is 2.52. The highest BCUT2D eigenvalue weighted by molar-refractivity contribution is 9.10. The topological polar surface area (TPSA) is 47.3 Å². The highest BCUT2D eigenvalue weighted by atomic mass is 79.9. The SMILES string of the molecule is COc1ccc(CC(CSc2ccccc2)NN)cc1Br. The molecule has 112 valence electrons. The molecule has 2 rings (SSSR count). The molecule has 2 aromatic carbocycles. The molecule has 0 saturated carbocycles. The zero-order valence-electron chi connectivity index (χ0n) is 11.9. The Morgan fingerprint density at radius 1 is 1.24 bits per heavy atom. The van der Waals surface area contributed by atoms with Gasteiger partial charge in [0, 0.05) is 16.7 Å². The molecule has 0 amide bonds. The number of halogens is 1. The third-order valence-electron chi connectivity index (χ3n) is 3.13. The van der Waals surface area contributed by atoms with Crippen LogP contribution < -0.4 is 16.0 Å². The summed E-state index contributed by atoms with van der Waals surface area (Å²) in [5, 5.41) is 0. The Balaban J connectivity index is 1.94. The van der Waals surface area contributed by atoms with E-state index in [2.05, 4.69) is 45.6 Å². The van der Waals surface area contributed by atoms with Crippen LogP contribution in [-0.4, -0.2) is 18.9 Å². The zero-order valence-corrected chi connectivity index (χ0v) is 14.3. The van der Waals surface area contributed by atoms with Crippen molar-refractivity contribution in [2.75, 3.05) is 12.9 Å². The van der Waals surface area contributed by atoms with Gasteiger partial charge >= 0.3 is 0 Å². The summed E-state index contributed by atoms with van der Waals surface area (Å²) < 4.78 is 6.21. The van der Waals surface area contributed by atoms with Gasteiger partial charge in [0.25, 0.3) is 0 Å². The number of hydrogen-bond acceptors (Lipinski definition) is 4. The smallest absolute Gasteiger partial charge is 0.133 e. The standard InChI is InChI=1S/C16H19BrN2OS/c1-20-16-8-7-12(10-15(16)17)9-13(19-18)11-21-14-5-3-2-4-6-14/h2-8,10,13,19H,9,11,18H2,1H3. The first-order chi connectivity index (χ1) is 10.2. The van der Waals surface area contributed by atoms with Crippen molar-refractivity contribution >= 4 is 27.7 Å². The summed E-state index contributed by atoms with van der Waals surface area (Å²) in [6.45, 7) is 0. The number of thioether (sulfide) groups is 1. The van der Waals surface area contributed by atoms with Crippen molar-refractivity contribution in [1.82, 2.24) is 5.43 Å².